The van der Waals surface area contributed by atoms with Crippen molar-refractivity contribution in [2.45, 2.75) is 19.9 Å². The van der Waals surface area contributed by atoms with Crippen LogP contribution < -0.4 is 10.6 Å². The van der Waals surface area contributed by atoms with Gasteiger partial charge in [-0.2, -0.15) is 0 Å². The van der Waals surface area contributed by atoms with E-state index in [9.17, 15) is 9.59 Å². The highest BCUT2D eigenvalue weighted by molar-refractivity contribution is 6.30. The Hall–Kier alpha value is -3.11. The second-order valence-electron chi connectivity index (χ2n) is 6.58. The number of carbonyl (C=O) groups is 2. The Morgan fingerprint density at radius 2 is 1.43 bits per heavy atom. The molecule has 0 heterocycles. The molecule has 2 N–H and O–H groups in total. The zero-order valence-electron chi connectivity index (χ0n) is 15.7. The van der Waals surface area contributed by atoms with Crippen molar-refractivity contribution in [3.05, 3.63) is 100 Å². The zero-order valence-corrected chi connectivity index (χ0v) is 16.5. The fourth-order valence-electron chi connectivity index (χ4n) is 2.97. The molecule has 1 atom stereocenters. The fraction of sp³-hybridized carbons (Fsp3) is 0.130. The predicted octanol–water partition coefficient (Wildman–Crippen LogP) is 5.07. The van der Waals surface area contributed by atoms with Crippen molar-refractivity contribution in [3.63, 3.8) is 0 Å². The fourth-order valence-corrected chi connectivity index (χ4v) is 3.09. The first-order chi connectivity index (χ1) is 13.5. The maximum Gasteiger partial charge on any atom is 0.252 e. The summed E-state index contributed by atoms with van der Waals surface area (Å²) < 4.78 is 0. The molecule has 0 spiro atoms. The number of carbonyl (C=O) groups excluding carboxylic acids is 2. The molecule has 3 aromatic rings. The van der Waals surface area contributed by atoms with E-state index in [1.165, 1.54) is 0 Å². The van der Waals surface area contributed by atoms with Crippen molar-refractivity contribution in [1.29, 1.82) is 0 Å². The molecule has 0 saturated heterocycles. The van der Waals surface area contributed by atoms with Gasteiger partial charge >= 0.3 is 0 Å². The third kappa shape index (κ3) is 4.59. The number of aryl methyl sites for hydroxylation is 2. The number of nitrogens with one attached hydrogen (secondary N) is 2. The highest BCUT2D eigenvalue weighted by Crippen LogP contribution is 2.23. The van der Waals surface area contributed by atoms with E-state index < -0.39 is 6.04 Å². The van der Waals surface area contributed by atoms with E-state index in [4.69, 9.17) is 11.6 Å². The van der Waals surface area contributed by atoms with Gasteiger partial charge in [-0.1, -0.05) is 60.1 Å². The molecule has 0 aromatic heterocycles. The van der Waals surface area contributed by atoms with E-state index in [0.29, 0.717) is 16.1 Å². The van der Waals surface area contributed by atoms with Crippen LogP contribution >= 0.6 is 11.6 Å². The molecule has 1 unspecified atom stereocenters. The molecular weight excluding hydrogens is 372 g/mol. The molecule has 0 saturated carbocycles. The number of para-hydroxylation sites is 1. The molecule has 4 nitrogen and oxygen atoms in total. The largest absolute Gasteiger partial charge is 0.336 e. The van der Waals surface area contributed by atoms with Crippen LogP contribution in [0.2, 0.25) is 5.02 Å². The highest BCUT2D eigenvalue weighted by atomic mass is 35.5. The summed E-state index contributed by atoms with van der Waals surface area (Å²) in [5.74, 6) is -0.638. The Morgan fingerprint density at radius 3 is 2.04 bits per heavy atom. The van der Waals surface area contributed by atoms with Crippen LogP contribution in [0.25, 0.3) is 0 Å². The van der Waals surface area contributed by atoms with E-state index >= 15 is 0 Å². The SMILES string of the molecule is Cc1cccc(C)c1NC(=O)C(NC(=O)c1ccccc1)c1ccc(Cl)cc1. The second kappa shape index (κ2) is 8.72. The molecule has 0 aliphatic heterocycles. The standard InChI is InChI=1S/C23H21ClN2O2/c1-15-7-6-8-16(2)20(15)25-23(28)21(17-11-13-19(24)14-12-17)26-22(27)18-9-4-3-5-10-18/h3-14,21H,1-2H3,(H,25,28)(H,26,27). The van der Waals surface area contributed by atoms with Crippen LogP contribution in [-0.4, -0.2) is 11.8 Å². The minimum Gasteiger partial charge on any atom is -0.336 e. The number of amides is 2. The third-order valence-electron chi connectivity index (χ3n) is 4.51. The first-order valence-corrected chi connectivity index (χ1v) is 9.32. The quantitative estimate of drug-likeness (QED) is 0.637. The van der Waals surface area contributed by atoms with E-state index in [2.05, 4.69) is 10.6 Å². The lowest BCUT2D eigenvalue weighted by Crippen LogP contribution is -2.37. The first-order valence-electron chi connectivity index (χ1n) is 8.94. The van der Waals surface area contributed by atoms with Gasteiger partial charge in [-0.05, 0) is 54.8 Å². The van der Waals surface area contributed by atoms with Crippen molar-refractivity contribution in [2.24, 2.45) is 0 Å². The van der Waals surface area contributed by atoms with Crippen LogP contribution in [0.4, 0.5) is 5.69 Å². The monoisotopic (exact) mass is 392 g/mol. The van der Waals surface area contributed by atoms with Crippen molar-refractivity contribution >= 4 is 29.1 Å². The number of anilines is 1. The number of hydrogen-bond donors (Lipinski definition) is 2. The van der Waals surface area contributed by atoms with E-state index in [0.717, 1.165) is 16.8 Å². The lowest BCUT2D eigenvalue weighted by atomic mass is 10.0. The molecular formula is C23H21ClN2O2. The molecule has 0 radical (unpaired) electrons. The van der Waals surface area contributed by atoms with E-state index in [-0.39, 0.29) is 11.8 Å². The maximum atomic E-state index is 13.1. The number of halogens is 1. The molecule has 0 fully saturated rings. The summed E-state index contributed by atoms with van der Waals surface area (Å²) >= 11 is 5.98. The number of rotatable bonds is 5. The zero-order chi connectivity index (χ0) is 20.1. The Bertz CT molecular complexity index is 965. The summed E-state index contributed by atoms with van der Waals surface area (Å²) in [4.78, 5) is 25.8. The summed E-state index contributed by atoms with van der Waals surface area (Å²) in [7, 11) is 0. The lowest BCUT2D eigenvalue weighted by Gasteiger charge is -2.20. The minimum absolute atomic E-state index is 0.316. The van der Waals surface area contributed by atoms with E-state index in [1.54, 1.807) is 48.5 Å². The molecule has 5 heteroatoms. The summed E-state index contributed by atoms with van der Waals surface area (Å²) in [6, 6.07) is 20.6. The highest BCUT2D eigenvalue weighted by Gasteiger charge is 2.24. The molecule has 2 amide bonds. The van der Waals surface area contributed by atoms with Crippen LogP contribution in [0.5, 0.6) is 0 Å². The summed E-state index contributed by atoms with van der Waals surface area (Å²) in [6.45, 7) is 3.87. The van der Waals surface area contributed by atoms with Gasteiger partial charge in [-0.3, -0.25) is 9.59 Å². The molecule has 142 valence electrons. The molecule has 3 aromatic carbocycles. The Labute approximate surface area is 169 Å². The molecule has 28 heavy (non-hydrogen) atoms. The molecule has 0 bridgehead atoms. The molecule has 0 aliphatic rings. The van der Waals surface area contributed by atoms with Crippen LogP contribution in [-0.2, 0) is 4.79 Å². The van der Waals surface area contributed by atoms with Crippen molar-refractivity contribution in [1.82, 2.24) is 5.32 Å². The van der Waals surface area contributed by atoms with Crippen molar-refractivity contribution in [3.8, 4) is 0 Å². The average Bonchev–Trinajstić information content (AvgIpc) is 2.70. The smallest absolute Gasteiger partial charge is 0.252 e. The second-order valence-corrected chi connectivity index (χ2v) is 7.02. The van der Waals surface area contributed by atoms with Crippen molar-refractivity contribution < 1.29 is 9.59 Å². The van der Waals surface area contributed by atoms with Crippen LogP contribution in [0, 0.1) is 13.8 Å². The number of hydrogen-bond acceptors (Lipinski definition) is 2. The Kier molecular flexibility index (Phi) is 6.12. The summed E-state index contributed by atoms with van der Waals surface area (Å²) in [6.07, 6.45) is 0. The Balaban J connectivity index is 1.90. The Morgan fingerprint density at radius 1 is 0.821 bits per heavy atom. The van der Waals surface area contributed by atoms with Gasteiger partial charge in [0.1, 0.15) is 6.04 Å². The van der Waals surface area contributed by atoms with Gasteiger partial charge in [0.2, 0.25) is 0 Å². The maximum absolute atomic E-state index is 13.1. The minimum atomic E-state index is -0.857. The average molecular weight is 393 g/mol. The van der Waals surface area contributed by atoms with Gasteiger partial charge in [0.25, 0.3) is 11.8 Å². The number of benzene rings is 3. The van der Waals surface area contributed by atoms with Gasteiger partial charge in [-0.15, -0.1) is 0 Å². The van der Waals surface area contributed by atoms with Crippen molar-refractivity contribution in [2.75, 3.05) is 5.32 Å². The van der Waals surface area contributed by atoms with Gasteiger partial charge < -0.3 is 10.6 Å². The first kappa shape index (κ1) is 19.6. The van der Waals surface area contributed by atoms with Gasteiger partial charge in [-0.25, -0.2) is 0 Å². The molecule has 3 rings (SSSR count). The van der Waals surface area contributed by atoms with Crippen LogP contribution in [0.15, 0.2) is 72.8 Å². The van der Waals surface area contributed by atoms with Gasteiger partial charge in [0, 0.05) is 16.3 Å². The topological polar surface area (TPSA) is 58.2 Å². The lowest BCUT2D eigenvalue weighted by molar-refractivity contribution is -0.118. The predicted molar refractivity (Wildman–Crippen MR) is 113 cm³/mol. The normalized spacial score (nSPS) is 11.5. The summed E-state index contributed by atoms with van der Waals surface area (Å²) in [5.41, 5.74) is 3.80. The molecule has 0 aliphatic carbocycles. The van der Waals surface area contributed by atoms with Crippen LogP contribution in [0.3, 0.4) is 0 Å². The summed E-state index contributed by atoms with van der Waals surface area (Å²) in [5, 5.41) is 6.36. The third-order valence-corrected chi connectivity index (χ3v) is 4.76. The van der Waals surface area contributed by atoms with E-state index in [1.807, 2.05) is 38.1 Å². The van der Waals surface area contributed by atoms with Gasteiger partial charge in [0.05, 0.1) is 0 Å². The van der Waals surface area contributed by atoms with Gasteiger partial charge in [0.15, 0.2) is 0 Å². The van der Waals surface area contributed by atoms with Crippen LogP contribution in [0.1, 0.15) is 33.1 Å².